The number of nitrogens with one attached hydrogen (secondary N) is 2. The quantitative estimate of drug-likeness (QED) is 0.146. The number of rotatable bonds is 13. The van der Waals surface area contributed by atoms with Crippen LogP contribution in [0.2, 0.25) is 18.1 Å². The lowest BCUT2D eigenvalue weighted by molar-refractivity contribution is -0.145. The van der Waals surface area contributed by atoms with Crippen LogP contribution in [0, 0.1) is 0 Å². The highest BCUT2D eigenvalue weighted by atomic mass is 28.4. The summed E-state index contributed by atoms with van der Waals surface area (Å²) in [4.78, 5) is 57.0. The third-order valence-electron chi connectivity index (χ3n) is 10.5. The zero-order chi connectivity index (χ0) is 40.7. The van der Waals surface area contributed by atoms with Gasteiger partial charge in [-0.25, -0.2) is 19.7 Å². The van der Waals surface area contributed by atoms with Crippen LogP contribution < -0.4 is 15.5 Å². The Morgan fingerprint density at radius 1 is 0.964 bits per heavy atom. The number of esters is 1. The van der Waals surface area contributed by atoms with Gasteiger partial charge in [-0.05, 0) is 81.2 Å². The van der Waals surface area contributed by atoms with E-state index < -0.39 is 13.9 Å². The molecule has 2 N–H and O–H groups in total. The Labute approximate surface area is 332 Å². The van der Waals surface area contributed by atoms with E-state index in [1.54, 1.807) is 17.3 Å². The van der Waals surface area contributed by atoms with Gasteiger partial charge < -0.3 is 34.3 Å². The number of aromatic nitrogens is 3. The second-order valence-electron chi connectivity index (χ2n) is 17.2. The molecule has 14 nitrogen and oxygen atoms in total. The van der Waals surface area contributed by atoms with Gasteiger partial charge in [-0.3, -0.25) is 14.5 Å². The summed E-state index contributed by atoms with van der Waals surface area (Å²) < 4.78 is 17.5. The topological polar surface area (TPSA) is 151 Å². The zero-order valence-electron chi connectivity index (χ0n) is 34.6. The van der Waals surface area contributed by atoms with Gasteiger partial charge in [0, 0.05) is 75.8 Å². The molecule has 5 rings (SSSR count). The molecule has 0 radical (unpaired) electrons. The number of hydrogen-bond donors (Lipinski definition) is 2. The van der Waals surface area contributed by atoms with Gasteiger partial charge in [0.15, 0.2) is 8.32 Å². The first-order valence-electron chi connectivity index (χ1n) is 19.6. The summed E-state index contributed by atoms with van der Waals surface area (Å²) in [5.74, 6) is 0.842. The van der Waals surface area contributed by atoms with Crippen LogP contribution in [-0.2, 0) is 30.1 Å². The third kappa shape index (κ3) is 12.2. The van der Waals surface area contributed by atoms with Crippen LogP contribution in [0.25, 0.3) is 11.3 Å². The number of carbonyl (C=O) groups is 3. The highest BCUT2D eigenvalue weighted by Gasteiger charge is 2.37. The molecular formula is C41H60N8O6Si. The maximum absolute atomic E-state index is 12.9. The van der Waals surface area contributed by atoms with Gasteiger partial charge >= 0.3 is 12.1 Å². The van der Waals surface area contributed by atoms with Crippen molar-refractivity contribution in [3.63, 3.8) is 0 Å². The lowest BCUT2D eigenvalue weighted by atomic mass is 10.1. The minimum Gasteiger partial charge on any atom is -0.461 e. The van der Waals surface area contributed by atoms with Gasteiger partial charge in [-0.2, -0.15) is 0 Å². The van der Waals surface area contributed by atoms with Gasteiger partial charge in [0.25, 0.3) is 0 Å². The molecule has 2 aromatic heterocycles. The van der Waals surface area contributed by atoms with Gasteiger partial charge in [0.1, 0.15) is 17.5 Å². The maximum Gasteiger partial charge on any atom is 0.410 e. The molecule has 15 heteroatoms. The van der Waals surface area contributed by atoms with E-state index in [0.717, 1.165) is 28.3 Å². The van der Waals surface area contributed by atoms with Crippen molar-refractivity contribution in [3.05, 3.63) is 60.4 Å². The number of pyridine rings is 1. The first kappa shape index (κ1) is 42.5. The predicted octanol–water partition coefficient (Wildman–Crippen LogP) is 6.37. The molecule has 304 valence electrons. The van der Waals surface area contributed by atoms with E-state index in [-0.39, 0.29) is 41.7 Å². The molecule has 0 aliphatic carbocycles. The molecule has 2 fully saturated rings. The Morgan fingerprint density at radius 3 is 2.38 bits per heavy atom. The van der Waals surface area contributed by atoms with Crippen LogP contribution >= 0.6 is 0 Å². The predicted molar refractivity (Wildman–Crippen MR) is 220 cm³/mol. The van der Waals surface area contributed by atoms with Crippen molar-refractivity contribution in [1.82, 2.24) is 30.1 Å². The molecule has 2 aliphatic heterocycles. The molecule has 0 bridgehead atoms. The molecule has 56 heavy (non-hydrogen) atoms. The first-order chi connectivity index (χ1) is 26.3. The summed E-state index contributed by atoms with van der Waals surface area (Å²) in [5.41, 5.74) is 2.98. The molecule has 0 spiro atoms. The summed E-state index contributed by atoms with van der Waals surface area (Å²) in [7, 11) is -1.88. The monoisotopic (exact) mass is 788 g/mol. The van der Waals surface area contributed by atoms with Crippen molar-refractivity contribution in [2.75, 3.05) is 56.0 Å². The van der Waals surface area contributed by atoms with Crippen molar-refractivity contribution >= 4 is 43.7 Å². The van der Waals surface area contributed by atoms with Crippen LogP contribution in [0.4, 0.5) is 22.2 Å². The second kappa shape index (κ2) is 18.1. The number of hydrogen-bond acceptors (Lipinski definition) is 12. The number of carbonyl (C=O) groups excluding carboxylic acids is 3. The van der Waals surface area contributed by atoms with Crippen molar-refractivity contribution in [2.24, 2.45) is 0 Å². The van der Waals surface area contributed by atoms with Crippen LogP contribution in [0.3, 0.4) is 0 Å². The molecule has 2 aliphatic rings. The highest BCUT2D eigenvalue weighted by Crippen LogP contribution is 2.37. The lowest BCUT2D eigenvalue weighted by Gasteiger charge is -2.36. The fourth-order valence-electron chi connectivity index (χ4n) is 6.44. The fourth-order valence-corrected chi connectivity index (χ4v) is 7.40. The first-order valence-corrected chi connectivity index (χ1v) is 22.5. The molecule has 0 saturated carbocycles. The van der Waals surface area contributed by atoms with Crippen LogP contribution in [0.1, 0.15) is 66.9 Å². The van der Waals surface area contributed by atoms with Gasteiger partial charge in [-0.15, -0.1) is 0 Å². The van der Waals surface area contributed by atoms with Crippen LogP contribution in [0.15, 0.2) is 54.9 Å². The SMILES string of the molecule is CC(=O)OC1CC(CCNC(=O)CN2CCN(C(=O)OC(C)(C)C)CC2)N(c2ccc(-c3ccnc(Nc4cccc(CO[Si](C)(C)C(C)(C)C)c4)n3)cn2)C1. The second-order valence-corrected chi connectivity index (χ2v) is 22.0. The summed E-state index contributed by atoms with van der Waals surface area (Å²) in [6, 6.07) is 13.9. The molecule has 2 amide bonds. The van der Waals surface area contributed by atoms with Crippen LogP contribution in [0.5, 0.6) is 0 Å². The number of amides is 2. The fraction of sp³-hybridized carbons (Fsp3) is 0.561. The Balaban J connectivity index is 1.15. The largest absolute Gasteiger partial charge is 0.461 e. The average molecular weight is 789 g/mol. The Hall–Kier alpha value is -4.60. The van der Waals surface area contributed by atoms with Gasteiger partial charge in [0.2, 0.25) is 11.9 Å². The number of piperazine rings is 1. The van der Waals surface area contributed by atoms with E-state index in [4.69, 9.17) is 23.9 Å². The number of nitrogens with zero attached hydrogens (tertiary/aromatic N) is 6. The smallest absolute Gasteiger partial charge is 0.410 e. The third-order valence-corrected chi connectivity index (χ3v) is 15.0. The van der Waals surface area contributed by atoms with E-state index in [1.165, 1.54) is 6.92 Å². The normalized spacial score (nSPS) is 18.1. The minimum absolute atomic E-state index is 0.00766. The van der Waals surface area contributed by atoms with Crippen LogP contribution in [-0.4, -0.2) is 115 Å². The molecule has 2 saturated heterocycles. The van der Waals surface area contributed by atoms with Gasteiger partial charge in [0.05, 0.1) is 25.4 Å². The lowest BCUT2D eigenvalue weighted by Crippen LogP contribution is -2.52. The van der Waals surface area contributed by atoms with E-state index in [9.17, 15) is 14.4 Å². The summed E-state index contributed by atoms with van der Waals surface area (Å²) in [5, 5.41) is 6.53. The van der Waals surface area contributed by atoms with Gasteiger partial charge in [-0.1, -0.05) is 32.9 Å². The highest BCUT2D eigenvalue weighted by molar-refractivity contribution is 6.74. The van der Waals surface area contributed by atoms with Crippen molar-refractivity contribution in [1.29, 1.82) is 0 Å². The average Bonchev–Trinajstić information content (AvgIpc) is 3.51. The molecular weight excluding hydrogens is 729 g/mol. The maximum atomic E-state index is 12.9. The standard InChI is InChI=1S/C41H60N8O6Si/c1-29(50)54-34-24-33(15-17-42-37(51)27-47-19-21-48(22-20-47)39(52)55-40(2,3)4)49(26-34)36-14-13-31(25-44-36)35-16-18-43-38(46-35)45-32-12-10-11-30(23-32)28-53-56(8,9)41(5,6)7/h10-14,16,18,23,25,33-34H,15,17,19-22,24,26-28H2,1-9H3,(H,42,51)(H,43,45,46). The van der Waals surface area contributed by atoms with E-state index in [0.29, 0.717) is 64.7 Å². The zero-order valence-corrected chi connectivity index (χ0v) is 35.6. The summed E-state index contributed by atoms with van der Waals surface area (Å²) >= 11 is 0. The molecule has 1 aromatic carbocycles. The minimum atomic E-state index is -1.88. The summed E-state index contributed by atoms with van der Waals surface area (Å²) in [6.07, 6.45) is 4.21. The molecule has 4 heterocycles. The Morgan fingerprint density at radius 2 is 1.71 bits per heavy atom. The molecule has 3 aromatic rings. The van der Waals surface area contributed by atoms with Crippen molar-refractivity contribution in [3.8, 4) is 11.3 Å². The summed E-state index contributed by atoms with van der Waals surface area (Å²) in [6.45, 7) is 22.2. The van der Waals surface area contributed by atoms with Crippen molar-refractivity contribution in [2.45, 2.75) is 104 Å². The Kier molecular flexibility index (Phi) is 13.8. The Bertz CT molecular complexity index is 1800. The molecule has 2 atom stereocenters. The van der Waals surface area contributed by atoms with E-state index in [2.05, 4.69) is 66.5 Å². The number of ether oxygens (including phenoxy) is 2. The molecule has 2 unspecified atom stereocenters. The number of benzene rings is 1. The van der Waals surface area contributed by atoms with E-state index >= 15 is 0 Å². The number of anilines is 3. The van der Waals surface area contributed by atoms with Crippen molar-refractivity contribution < 1.29 is 28.3 Å². The van der Waals surface area contributed by atoms with E-state index in [1.807, 2.05) is 56.0 Å².